The van der Waals surface area contributed by atoms with Crippen LogP contribution in [0.3, 0.4) is 0 Å². The van der Waals surface area contributed by atoms with E-state index in [1.807, 2.05) is 0 Å². The van der Waals surface area contributed by atoms with Gasteiger partial charge >= 0.3 is 0 Å². The van der Waals surface area contributed by atoms with Gasteiger partial charge in [-0.25, -0.2) is 0 Å². The van der Waals surface area contributed by atoms with E-state index in [4.69, 9.17) is 0 Å². The lowest BCUT2D eigenvalue weighted by atomic mass is 10.4. The molecule has 0 N–H and O–H groups in total. The second-order valence-corrected chi connectivity index (χ2v) is 1.83. The van der Waals surface area contributed by atoms with E-state index in [-0.39, 0.29) is 0 Å². The van der Waals surface area contributed by atoms with Gasteiger partial charge in [-0.05, 0) is 25.9 Å². The molecule has 1 nitrogen and oxygen atoms in total. The molecule has 0 saturated carbocycles. The van der Waals surface area contributed by atoms with Gasteiger partial charge in [0.15, 0.2) is 0 Å². The number of hydrogen-bond donors (Lipinski definition) is 0. The van der Waals surface area contributed by atoms with Crippen LogP contribution in [0.5, 0.6) is 0 Å². The van der Waals surface area contributed by atoms with Crippen LogP contribution < -0.4 is 0 Å². The lowest BCUT2D eigenvalue weighted by Gasteiger charge is -2.00. The second-order valence-electron chi connectivity index (χ2n) is 1.83. The highest BCUT2D eigenvalue weighted by atomic mass is 15.1. The molecule has 1 aliphatic heterocycles. The normalized spacial score (nSPS) is 25.5. The molecular weight excluding hydrogens is 74.1 g/mol. The fraction of sp³-hybridized carbons (Fsp3) is 0.800. The van der Waals surface area contributed by atoms with E-state index in [1.54, 1.807) is 0 Å². The Bertz CT molecular complexity index is 37.2. The SMILES string of the molecule is [CH2]N1CCCC1. The third-order valence-electron chi connectivity index (χ3n) is 1.20. The minimum Gasteiger partial charge on any atom is -0.302 e. The molecule has 0 aromatic heterocycles. The summed E-state index contributed by atoms with van der Waals surface area (Å²) in [5.74, 6) is 0. The summed E-state index contributed by atoms with van der Waals surface area (Å²) >= 11 is 0. The van der Waals surface area contributed by atoms with E-state index in [2.05, 4.69) is 11.9 Å². The van der Waals surface area contributed by atoms with Gasteiger partial charge in [0, 0.05) is 7.05 Å². The Morgan fingerprint density at radius 1 is 1.17 bits per heavy atom. The molecule has 1 saturated heterocycles. The van der Waals surface area contributed by atoms with Crippen molar-refractivity contribution >= 4 is 0 Å². The molecule has 1 aliphatic rings. The van der Waals surface area contributed by atoms with Crippen molar-refractivity contribution in [1.82, 2.24) is 4.90 Å². The Kier molecular flexibility index (Phi) is 1.10. The molecule has 0 atom stereocenters. The average molecular weight is 84.1 g/mol. The first-order valence-corrected chi connectivity index (χ1v) is 2.45. The van der Waals surface area contributed by atoms with Crippen LogP contribution in [0.25, 0.3) is 0 Å². The molecule has 1 radical (unpaired) electrons. The predicted octanol–water partition coefficient (Wildman–Crippen LogP) is 0.874. The smallest absolute Gasteiger partial charge is 0.0109 e. The number of hydrogen-bond acceptors (Lipinski definition) is 1. The maximum Gasteiger partial charge on any atom is 0.0109 e. The van der Waals surface area contributed by atoms with Gasteiger partial charge in [-0.1, -0.05) is 0 Å². The Balaban J connectivity index is 2.18. The molecule has 1 fully saturated rings. The van der Waals surface area contributed by atoms with E-state index in [0.717, 1.165) is 0 Å². The first-order chi connectivity index (χ1) is 2.89. The second kappa shape index (κ2) is 1.61. The van der Waals surface area contributed by atoms with Crippen LogP contribution >= 0.6 is 0 Å². The van der Waals surface area contributed by atoms with Gasteiger partial charge in [-0.2, -0.15) is 0 Å². The Morgan fingerprint density at radius 2 is 1.67 bits per heavy atom. The van der Waals surface area contributed by atoms with Crippen LogP contribution in [0, 0.1) is 7.05 Å². The Labute approximate surface area is 39.0 Å². The molecule has 35 valence electrons. The van der Waals surface area contributed by atoms with Crippen molar-refractivity contribution in [3.63, 3.8) is 0 Å². The van der Waals surface area contributed by atoms with Crippen molar-refractivity contribution in [3.8, 4) is 0 Å². The summed E-state index contributed by atoms with van der Waals surface area (Å²) < 4.78 is 0. The topological polar surface area (TPSA) is 3.24 Å². The van der Waals surface area contributed by atoms with Gasteiger partial charge < -0.3 is 4.90 Å². The first-order valence-electron chi connectivity index (χ1n) is 2.45. The van der Waals surface area contributed by atoms with Crippen molar-refractivity contribution < 1.29 is 0 Å². The molecule has 0 aromatic carbocycles. The molecule has 1 heteroatoms. The molecule has 0 spiro atoms. The van der Waals surface area contributed by atoms with Gasteiger partial charge in [0.2, 0.25) is 0 Å². The summed E-state index contributed by atoms with van der Waals surface area (Å²) in [6, 6.07) is 0. The van der Waals surface area contributed by atoms with Crippen LogP contribution in [0.2, 0.25) is 0 Å². The molecule has 0 aliphatic carbocycles. The standard InChI is InChI=1S/C5H10N/c1-6-4-2-3-5-6/h1-5H2. The lowest BCUT2D eigenvalue weighted by Crippen LogP contribution is -2.07. The molecule has 0 bridgehead atoms. The van der Waals surface area contributed by atoms with Gasteiger partial charge in [0.25, 0.3) is 0 Å². The maximum absolute atomic E-state index is 3.77. The molecular formula is C5H10N. The molecule has 0 unspecified atom stereocenters. The van der Waals surface area contributed by atoms with Gasteiger partial charge in [-0.3, -0.25) is 0 Å². The molecule has 1 heterocycles. The summed E-state index contributed by atoms with van der Waals surface area (Å²) in [6.07, 6.45) is 2.70. The van der Waals surface area contributed by atoms with Crippen molar-refractivity contribution in [2.45, 2.75) is 12.8 Å². The fourth-order valence-electron chi connectivity index (χ4n) is 0.783. The van der Waals surface area contributed by atoms with Crippen molar-refractivity contribution in [2.75, 3.05) is 13.1 Å². The zero-order valence-electron chi connectivity index (χ0n) is 3.98. The molecule has 1 rings (SSSR count). The predicted molar refractivity (Wildman–Crippen MR) is 26.2 cm³/mol. The van der Waals surface area contributed by atoms with Crippen LogP contribution in [0.1, 0.15) is 12.8 Å². The van der Waals surface area contributed by atoms with E-state index in [0.29, 0.717) is 0 Å². The summed E-state index contributed by atoms with van der Waals surface area (Å²) in [5, 5.41) is 0. The average Bonchev–Trinajstić information content (AvgIpc) is 1.86. The van der Waals surface area contributed by atoms with E-state index >= 15 is 0 Å². The van der Waals surface area contributed by atoms with Crippen LogP contribution in [-0.4, -0.2) is 18.0 Å². The quantitative estimate of drug-likeness (QED) is 0.421. The van der Waals surface area contributed by atoms with E-state index < -0.39 is 0 Å². The highest BCUT2D eigenvalue weighted by Gasteiger charge is 2.03. The minimum absolute atomic E-state index is 1.21. The first kappa shape index (κ1) is 4.13. The third-order valence-corrected chi connectivity index (χ3v) is 1.20. The lowest BCUT2D eigenvalue weighted by molar-refractivity contribution is 0.462. The van der Waals surface area contributed by atoms with Gasteiger partial charge in [0.05, 0.1) is 0 Å². The Morgan fingerprint density at radius 3 is 1.83 bits per heavy atom. The van der Waals surface area contributed by atoms with Gasteiger partial charge in [0.1, 0.15) is 0 Å². The summed E-state index contributed by atoms with van der Waals surface area (Å²) in [5.41, 5.74) is 0. The van der Waals surface area contributed by atoms with Crippen LogP contribution in [-0.2, 0) is 0 Å². The van der Waals surface area contributed by atoms with Crippen molar-refractivity contribution in [3.05, 3.63) is 7.05 Å². The number of rotatable bonds is 0. The zero-order chi connectivity index (χ0) is 4.41. The zero-order valence-corrected chi connectivity index (χ0v) is 3.98. The monoisotopic (exact) mass is 84.1 g/mol. The largest absolute Gasteiger partial charge is 0.302 e. The maximum atomic E-state index is 3.77. The van der Waals surface area contributed by atoms with Crippen LogP contribution in [0.4, 0.5) is 0 Å². The third kappa shape index (κ3) is 0.716. The number of likely N-dealkylation sites (tertiary alicyclic amines) is 1. The van der Waals surface area contributed by atoms with Crippen molar-refractivity contribution in [2.24, 2.45) is 0 Å². The highest BCUT2D eigenvalue weighted by Crippen LogP contribution is 2.03. The molecule has 6 heavy (non-hydrogen) atoms. The summed E-state index contributed by atoms with van der Waals surface area (Å²) in [7, 11) is 3.77. The Hall–Kier alpha value is -0.0400. The molecule has 0 amide bonds. The van der Waals surface area contributed by atoms with E-state index in [1.165, 1.54) is 25.9 Å². The van der Waals surface area contributed by atoms with Gasteiger partial charge in [-0.15, -0.1) is 0 Å². The number of nitrogens with zero attached hydrogens (tertiary/aromatic N) is 1. The van der Waals surface area contributed by atoms with Crippen LogP contribution in [0.15, 0.2) is 0 Å². The minimum atomic E-state index is 1.21. The molecule has 0 aromatic rings. The summed E-state index contributed by atoms with van der Waals surface area (Å²) in [4.78, 5) is 2.11. The fourth-order valence-corrected chi connectivity index (χ4v) is 0.783. The van der Waals surface area contributed by atoms with Crippen molar-refractivity contribution in [1.29, 1.82) is 0 Å². The van der Waals surface area contributed by atoms with E-state index in [9.17, 15) is 0 Å². The highest BCUT2D eigenvalue weighted by molar-refractivity contribution is 4.62. The summed E-state index contributed by atoms with van der Waals surface area (Å²) in [6.45, 7) is 2.42.